The van der Waals surface area contributed by atoms with E-state index in [1.807, 2.05) is 11.8 Å². The Morgan fingerprint density at radius 3 is 2.75 bits per heavy atom. The van der Waals surface area contributed by atoms with E-state index in [-0.39, 0.29) is 0 Å². The summed E-state index contributed by atoms with van der Waals surface area (Å²) in [5.74, 6) is 1.17. The minimum Gasteiger partial charge on any atom is -0.303 e. The molecule has 0 aromatic carbocycles. The predicted molar refractivity (Wildman–Crippen MR) is 55.3 cm³/mol. The molecule has 0 rings (SSSR count). The molecule has 70 valence electrons. The highest BCUT2D eigenvalue weighted by atomic mass is 32.2. The van der Waals surface area contributed by atoms with Crippen molar-refractivity contribution in [2.24, 2.45) is 0 Å². The molecule has 0 aliphatic carbocycles. The second-order valence-electron chi connectivity index (χ2n) is 3.05. The SMILES string of the molecule is CSCC(C)N(C)CCCC#N. The van der Waals surface area contributed by atoms with Gasteiger partial charge in [-0.1, -0.05) is 0 Å². The Balaban J connectivity index is 3.43. The average molecular weight is 186 g/mol. The van der Waals surface area contributed by atoms with Crippen molar-refractivity contribution in [2.45, 2.75) is 25.8 Å². The average Bonchev–Trinajstić information content (AvgIpc) is 2.05. The molecule has 0 heterocycles. The van der Waals surface area contributed by atoms with Gasteiger partial charge in [0, 0.05) is 18.2 Å². The Hall–Kier alpha value is -0.200. The number of unbranched alkanes of at least 4 members (excludes halogenated alkanes) is 1. The van der Waals surface area contributed by atoms with Gasteiger partial charge in [-0.15, -0.1) is 0 Å². The molecule has 0 saturated heterocycles. The fraction of sp³-hybridized carbons (Fsp3) is 0.889. The van der Waals surface area contributed by atoms with Crippen LogP contribution in [0.2, 0.25) is 0 Å². The summed E-state index contributed by atoms with van der Waals surface area (Å²) in [6.07, 6.45) is 3.79. The van der Waals surface area contributed by atoms with Gasteiger partial charge >= 0.3 is 0 Å². The van der Waals surface area contributed by atoms with Crippen molar-refractivity contribution in [2.75, 3.05) is 25.6 Å². The smallest absolute Gasteiger partial charge is 0.0622 e. The number of nitriles is 1. The molecule has 3 heteroatoms. The van der Waals surface area contributed by atoms with Crippen molar-refractivity contribution in [3.8, 4) is 6.07 Å². The van der Waals surface area contributed by atoms with E-state index in [1.165, 1.54) is 5.75 Å². The largest absolute Gasteiger partial charge is 0.303 e. The van der Waals surface area contributed by atoms with Crippen molar-refractivity contribution < 1.29 is 0 Å². The monoisotopic (exact) mass is 186 g/mol. The van der Waals surface area contributed by atoms with Crippen LogP contribution in [0, 0.1) is 11.3 Å². The maximum Gasteiger partial charge on any atom is 0.0622 e. The second-order valence-corrected chi connectivity index (χ2v) is 3.96. The third kappa shape index (κ3) is 5.45. The summed E-state index contributed by atoms with van der Waals surface area (Å²) in [5, 5.41) is 8.35. The van der Waals surface area contributed by atoms with Crippen LogP contribution in [0.1, 0.15) is 19.8 Å². The number of hydrogen-bond donors (Lipinski definition) is 0. The molecule has 0 fully saturated rings. The first-order valence-corrected chi connectivity index (χ1v) is 5.68. The zero-order valence-corrected chi connectivity index (χ0v) is 9.02. The van der Waals surface area contributed by atoms with Crippen LogP contribution in [0.4, 0.5) is 0 Å². The highest BCUT2D eigenvalue weighted by molar-refractivity contribution is 7.98. The first-order valence-electron chi connectivity index (χ1n) is 4.28. The third-order valence-corrected chi connectivity index (χ3v) is 2.78. The Kier molecular flexibility index (Phi) is 7.33. The minimum atomic E-state index is 0.624. The molecule has 0 N–H and O–H groups in total. The molecule has 0 amide bonds. The lowest BCUT2D eigenvalue weighted by atomic mass is 10.3. The first-order chi connectivity index (χ1) is 5.72. The van der Waals surface area contributed by atoms with Crippen molar-refractivity contribution in [1.29, 1.82) is 5.26 Å². The van der Waals surface area contributed by atoms with Gasteiger partial charge in [0.1, 0.15) is 0 Å². The molecule has 0 spiro atoms. The number of thioether (sulfide) groups is 1. The summed E-state index contributed by atoms with van der Waals surface area (Å²) < 4.78 is 0. The van der Waals surface area contributed by atoms with Crippen LogP contribution >= 0.6 is 11.8 Å². The second kappa shape index (κ2) is 7.45. The Bertz CT molecular complexity index is 142. The summed E-state index contributed by atoms with van der Waals surface area (Å²) in [6.45, 7) is 3.26. The molecular formula is C9H18N2S. The quantitative estimate of drug-likeness (QED) is 0.593. The van der Waals surface area contributed by atoms with Crippen LogP contribution in [-0.4, -0.2) is 36.5 Å². The van der Waals surface area contributed by atoms with Gasteiger partial charge in [0.2, 0.25) is 0 Å². The van der Waals surface area contributed by atoms with Crippen molar-refractivity contribution in [3.05, 3.63) is 0 Å². The molecule has 0 radical (unpaired) electrons. The topological polar surface area (TPSA) is 27.0 Å². The molecule has 0 aliphatic rings. The zero-order chi connectivity index (χ0) is 9.40. The normalized spacial score (nSPS) is 12.9. The first kappa shape index (κ1) is 11.8. The maximum atomic E-state index is 8.35. The lowest BCUT2D eigenvalue weighted by molar-refractivity contribution is 0.275. The van der Waals surface area contributed by atoms with Crippen LogP contribution in [-0.2, 0) is 0 Å². The Labute approximate surface area is 79.9 Å². The van der Waals surface area contributed by atoms with Crippen LogP contribution in [0.5, 0.6) is 0 Å². The fourth-order valence-corrected chi connectivity index (χ4v) is 1.73. The van der Waals surface area contributed by atoms with E-state index in [9.17, 15) is 0 Å². The Morgan fingerprint density at radius 2 is 2.25 bits per heavy atom. The maximum absolute atomic E-state index is 8.35. The molecule has 0 bridgehead atoms. The van der Waals surface area contributed by atoms with Crippen molar-refractivity contribution in [3.63, 3.8) is 0 Å². The van der Waals surface area contributed by atoms with Gasteiger partial charge in [-0.25, -0.2) is 0 Å². The van der Waals surface area contributed by atoms with Gasteiger partial charge in [0.15, 0.2) is 0 Å². The zero-order valence-electron chi connectivity index (χ0n) is 8.21. The van der Waals surface area contributed by atoms with Crippen molar-refractivity contribution in [1.82, 2.24) is 4.90 Å². The van der Waals surface area contributed by atoms with Gasteiger partial charge in [0.25, 0.3) is 0 Å². The predicted octanol–water partition coefficient (Wildman–Crippen LogP) is 1.97. The lowest BCUT2D eigenvalue weighted by Gasteiger charge is -2.23. The van der Waals surface area contributed by atoms with E-state index in [0.717, 1.165) is 13.0 Å². The van der Waals surface area contributed by atoms with E-state index in [2.05, 4.69) is 31.2 Å². The molecule has 2 nitrogen and oxygen atoms in total. The van der Waals surface area contributed by atoms with Gasteiger partial charge in [-0.3, -0.25) is 0 Å². The Morgan fingerprint density at radius 1 is 1.58 bits per heavy atom. The van der Waals surface area contributed by atoms with E-state index >= 15 is 0 Å². The van der Waals surface area contributed by atoms with Gasteiger partial charge in [-0.05, 0) is 33.2 Å². The van der Waals surface area contributed by atoms with Crippen LogP contribution in [0.25, 0.3) is 0 Å². The highest BCUT2D eigenvalue weighted by Crippen LogP contribution is 2.04. The summed E-state index contributed by atoms with van der Waals surface area (Å²) in [4.78, 5) is 2.31. The molecule has 0 aliphatic heterocycles. The molecule has 0 aromatic rings. The molecule has 0 saturated carbocycles. The van der Waals surface area contributed by atoms with Gasteiger partial charge in [-0.2, -0.15) is 17.0 Å². The van der Waals surface area contributed by atoms with Gasteiger partial charge < -0.3 is 4.90 Å². The molecule has 0 aromatic heterocycles. The van der Waals surface area contributed by atoms with Gasteiger partial charge in [0.05, 0.1) is 6.07 Å². The van der Waals surface area contributed by atoms with Crippen LogP contribution < -0.4 is 0 Å². The standard InChI is InChI=1S/C9H18N2S/c1-9(8-12-3)11(2)7-5-4-6-10/h9H,4-5,7-8H2,1-3H3. The van der Waals surface area contributed by atoms with Crippen molar-refractivity contribution >= 4 is 11.8 Å². The van der Waals surface area contributed by atoms with Crippen LogP contribution in [0.3, 0.4) is 0 Å². The van der Waals surface area contributed by atoms with E-state index in [1.54, 1.807) is 0 Å². The summed E-state index contributed by atoms with van der Waals surface area (Å²) in [6, 6.07) is 2.79. The molecule has 1 atom stereocenters. The highest BCUT2D eigenvalue weighted by Gasteiger charge is 2.06. The van der Waals surface area contributed by atoms with E-state index in [0.29, 0.717) is 12.5 Å². The number of hydrogen-bond acceptors (Lipinski definition) is 3. The summed E-state index contributed by atoms with van der Waals surface area (Å²) >= 11 is 1.87. The number of nitrogens with zero attached hydrogens (tertiary/aromatic N) is 2. The van der Waals surface area contributed by atoms with E-state index in [4.69, 9.17) is 5.26 Å². The third-order valence-electron chi connectivity index (χ3n) is 1.96. The minimum absolute atomic E-state index is 0.624. The number of rotatable bonds is 6. The lowest BCUT2D eigenvalue weighted by Crippen LogP contribution is -2.31. The molecule has 12 heavy (non-hydrogen) atoms. The summed E-state index contributed by atoms with van der Waals surface area (Å²) in [5.41, 5.74) is 0. The summed E-state index contributed by atoms with van der Waals surface area (Å²) in [7, 11) is 2.12. The van der Waals surface area contributed by atoms with Crippen LogP contribution in [0.15, 0.2) is 0 Å². The van der Waals surface area contributed by atoms with E-state index < -0.39 is 0 Å². The molecular weight excluding hydrogens is 168 g/mol. The fourth-order valence-electron chi connectivity index (χ4n) is 0.996. The molecule has 1 unspecified atom stereocenters.